The van der Waals surface area contributed by atoms with E-state index in [1.807, 2.05) is 41.3 Å². The number of benzene rings is 2. The van der Waals surface area contributed by atoms with E-state index in [2.05, 4.69) is 5.32 Å². The molecule has 0 radical (unpaired) electrons. The fourth-order valence-electron chi connectivity index (χ4n) is 4.13. The minimum absolute atomic E-state index is 0. The number of methoxy groups -OCH3 is 4. The number of unbranched alkanes of at least 4 members (excludes halogenated alkanes) is 1. The number of nitrogens with two attached hydrogens (primary N) is 1. The van der Waals surface area contributed by atoms with Crippen molar-refractivity contribution in [1.82, 2.24) is 10.2 Å². The van der Waals surface area contributed by atoms with Gasteiger partial charge in [0.2, 0.25) is 11.8 Å². The first-order valence-corrected chi connectivity index (χ1v) is 13.1. The van der Waals surface area contributed by atoms with Crippen molar-refractivity contribution in [2.24, 2.45) is 5.73 Å². The van der Waals surface area contributed by atoms with Crippen LogP contribution in [0, 0.1) is 0 Å². The van der Waals surface area contributed by atoms with Crippen molar-refractivity contribution in [3.05, 3.63) is 47.5 Å². The van der Waals surface area contributed by atoms with Crippen molar-refractivity contribution in [2.45, 2.75) is 44.9 Å². The van der Waals surface area contributed by atoms with Gasteiger partial charge in [-0.3, -0.25) is 9.59 Å². The fraction of sp³-hybridized carbons (Fsp3) is 0.517. The van der Waals surface area contributed by atoms with Crippen LogP contribution < -0.4 is 30.0 Å². The SMILES string of the molecule is COc1ccc(CCC(=O)NCCCN(CCCCN)C(=O)CCc2ccc(OC)c(OC)c2)cc1OC.Cl. The number of aryl methyl sites for hydroxylation is 2. The summed E-state index contributed by atoms with van der Waals surface area (Å²) in [4.78, 5) is 27.2. The highest BCUT2D eigenvalue weighted by atomic mass is 35.5. The van der Waals surface area contributed by atoms with Crippen LogP contribution in [0.25, 0.3) is 0 Å². The molecule has 0 atom stereocenters. The van der Waals surface area contributed by atoms with E-state index in [4.69, 9.17) is 24.7 Å². The van der Waals surface area contributed by atoms with Crippen molar-refractivity contribution < 1.29 is 28.5 Å². The topological polar surface area (TPSA) is 112 Å². The van der Waals surface area contributed by atoms with E-state index in [0.29, 0.717) is 81.3 Å². The van der Waals surface area contributed by atoms with E-state index < -0.39 is 0 Å². The molecule has 0 heterocycles. The van der Waals surface area contributed by atoms with Gasteiger partial charge >= 0.3 is 0 Å². The molecule has 0 saturated carbocycles. The maximum atomic E-state index is 13.0. The van der Waals surface area contributed by atoms with E-state index in [-0.39, 0.29) is 24.2 Å². The number of amides is 2. The Hall–Kier alpha value is -3.17. The minimum Gasteiger partial charge on any atom is -0.493 e. The smallest absolute Gasteiger partial charge is 0.222 e. The molecular weight excluding hydrogens is 522 g/mol. The number of nitrogens with zero attached hydrogens (tertiary/aromatic N) is 1. The Morgan fingerprint density at radius 1 is 0.744 bits per heavy atom. The van der Waals surface area contributed by atoms with E-state index in [9.17, 15) is 9.59 Å². The molecule has 0 aliphatic carbocycles. The lowest BCUT2D eigenvalue weighted by Crippen LogP contribution is -2.35. The van der Waals surface area contributed by atoms with Crippen molar-refractivity contribution >= 4 is 24.2 Å². The summed E-state index contributed by atoms with van der Waals surface area (Å²) in [6, 6.07) is 11.4. The first-order chi connectivity index (χ1) is 18.4. The Bertz CT molecular complexity index is 1020. The van der Waals surface area contributed by atoms with Crippen LogP contribution in [0.3, 0.4) is 0 Å². The molecule has 0 aliphatic heterocycles. The van der Waals surface area contributed by atoms with Gasteiger partial charge in [-0.25, -0.2) is 0 Å². The van der Waals surface area contributed by atoms with Crippen molar-refractivity contribution in [3.63, 3.8) is 0 Å². The molecule has 10 heteroatoms. The van der Waals surface area contributed by atoms with Crippen LogP contribution in [0.4, 0.5) is 0 Å². The molecule has 2 aromatic carbocycles. The third-order valence-electron chi connectivity index (χ3n) is 6.33. The van der Waals surface area contributed by atoms with Crippen LogP contribution in [0.2, 0.25) is 0 Å². The van der Waals surface area contributed by atoms with Gasteiger partial charge < -0.3 is 34.9 Å². The molecule has 9 nitrogen and oxygen atoms in total. The Morgan fingerprint density at radius 2 is 1.26 bits per heavy atom. The first kappa shape index (κ1) is 33.9. The molecule has 2 amide bonds. The average Bonchev–Trinajstić information content (AvgIpc) is 2.95. The standard InChI is InChI=1S/C29H43N3O6.ClH/c1-35-24-12-8-22(20-26(24)37-3)10-14-28(33)31-17-7-19-32(18-6-5-16-30)29(34)15-11-23-9-13-25(36-2)27(21-23)38-4;/h8-9,12-13,20-21H,5-7,10-11,14-19,30H2,1-4H3,(H,31,33);1H. The van der Waals surface area contributed by atoms with Gasteiger partial charge in [0, 0.05) is 32.5 Å². The molecule has 2 rings (SSSR count). The quantitative estimate of drug-likeness (QED) is 0.264. The number of carbonyl (C=O) groups excluding carboxylic acids is 2. The van der Waals surface area contributed by atoms with Gasteiger partial charge in [-0.05, 0) is 74.0 Å². The summed E-state index contributed by atoms with van der Waals surface area (Å²) in [5, 5.41) is 2.97. The molecule has 0 saturated heterocycles. The molecule has 39 heavy (non-hydrogen) atoms. The largest absolute Gasteiger partial charge is 0.493 e. The van der Waals surface area contributed by atoms with Crippen LogP contribution in [0.1, 0.15) is 43.2 Å². The lowest BCUT2D eigenvalue weighted by Gasteiger charge is -2.23. The molecule has 0 aliphatic rings. The second-order valence-electron chi connectivity index (χ2n) is 8.96. The summed E-state index contributed by atoms with van der Waals surface area (Å²) >= 11 is 0. The van der Waals surface area contributed by atoms with Gasteiger partial charge in [0.05, 0.1) is 28.4 Å². The first-order valence-electron chi connectivity index (χ1n) is 13.1. The fourth-order valence-corrected chi connectivity index (χ4v) is 4.13. The number of ether oxygens (including phenoxy) is 4. The number of rotatable bonds is 18. The summed E-state index contributed by atoms with van der Waals surface area (Å²) in [6.07, 6.45) is 4.40. The predicted molar refractivity (Wildman–Crippen MR) is 155 cm³/mol. The third-order valence-corrected chi connectivity index (χ3v) is 6.33. The summed E-state index contributed by atoms with van der Waals surface area (Å²) in [5.41, 5.74) is 7.66. The zero-order chi connectivity index (χ0) is 27.8. The van der Waals surface area contributed by atoms with Crippen molar-refractivity contribution in [3.8, 4) is 23.0 Å². The maximum Gasteiger partial charge on any atom is 0.222 e. The zero-order valence-corrected chi connectivity index (χ0v) is 24.4. The normalized spacial score (nSPS) is 10.3. The summed E-state index contributed by atoms with van der Waals surface area (Å²) in [6.45, 7) is 2.37. The van der Waals surface area contributed by atoms with Crippen LogP contribution in [-0.4, -0.2) is 71.3 Å². The molecule has 0 aromatic heterocycles. The Kier molecular flexibility index (Phi) is 16.5. The highest BCUT2D eigenvalue weighted by molar-refractivity contribution is 5.85. The molecular formula is C29H44ClN3O6. The number of nitrogens with one attached hydrogen (secondary N) is 1. The van der Waals surface area contributed by atoms with Gasteiger partial charge in [0.1, 0.15) is 0 Å². The van der Waals surface area contributed by atoms with Crippen LogP contribution >= 0.6 is 12.4 Å². The zero-order valence-electron chi connectivity index (χ0n) is 23.6. The predicted octanol–water partition coefficient (Wildman–Crippen LogP) is 3.78. The number of hydrogen-bond acceptors (Lipinski definition) is 7. The van der Waals surface area contributed by atoms with Crippen LogP contribution in [0.15, 0.2) is 36.4 Å². The van der Waals surface area contributed by atoms with Gasteiger partial charge in [0.15, 0.2) is 23.0 Å². The lowest BCUT2D eigenvalue weighted by molar-refractivity contribution is -0.131. The number of hydrogen-bond donors (Lipinski definition) is 2. The molecule has 3 N–H and O–H groups in total. The van der Waals surface area contributed by atoms with E-state index in [1.165, 1.54) is 0 Å². The Morgan fingerprint density at radius 3 is 1.77 bits per heavy atom. The van der Waals surface area contributed by atoms with Gasteiger partial charge in [-0.2, -0.15) is 0 Å². The van der Waals surface area contributed by atoms with Crippen LogP contribution in [-0.2, 0) is 22.4 Å². The summed E-state index contributed by atoms with van der Waals surface area (Å²) in [5.74, 6) is 2.70. The summed E-state index contributed by atoms with van der Waals surface area (Å²) in [7, 11) is 6.38. The van der Waals surface area contributed by atoms with Crippen molar-refractivity contribution in [2.75, 3.05) is 54.6 Å². The maximum absolute atomic E-state index is 13.0. The second-order valence-corrected chi connectivity index (χ2v) is 8.96. The Labute approximate surface area is 238 Å². The van der Waals surface area contributed by atoms with Crippen LogP contribution in [0.5, 0.6) is 23.0 Å². The Balaban J connectivity index is 0.00000760. The minimum atomic E-state index is -0.0192. The molecule has 0 unspecified atom stereocenters. The van der Waals surface area contributed by atoms with Crippen molar-refractivity contribution in [1.29, 1.82) is 0 Å². The highest BCUT2D eigenvalue weighted by Gasteiger charge is 2.14. The molecule has 0 spiro atoms. The molecule has 0 bridgehead atoms. The third kappa shape index (κ3) is 11.6. The number of carbonyl (C=O) groups is 2. The highest BCUT2D eigenvalue weighted by Crippen LogP contribution is 2.29. The van der Waals surface area contributed by atoms with E-state index in [0.717, 1.165) is 24.0 Å². The van der Waals surface area contributed by atoms with Gasteiger partial charge in [-0.15, -0.1) is 12.4 Å². The molecule has 218 valence electrons. The molecule has 2 aromatic rings. The van der Waals surface area contributed by atoms with Gasteiger partial charge in [-0.1, -0.05) is 12.1 Å². The van der Waals surface area contributed by atoms with E-state index >= 15 is 0 Å². The molecule has 0 fully saturated rings. The number of halogens is 1. The lowest BCUT2D eigenvalue weighted by atomic mass is 10.1. The average molecular weight is 566 g/mol. The summed E-state index contributed by atoms with van der Waals surface area (Å²) < 4.78 is 21.2. The van der Waals surface area contributed by atoms with E-state index in [1.54, 1.807) is 28.4 Å². The second kappa shape index (κ2) is 19.0. The monoisotopic (exact) mass is 565 g/mol. The van der Waals surface area contributed by atoms with Gasteiger partial charge in [0.25, 0.3) is 0 Å².